The Labute approximate surface area is 108 Å². The summed E-state index contributed by atoms with van der Waals surface area (Å²) in [4.78, 5) is 10.1. The van der Waals surface area contributed by atoms with Crippen molar-refractivity contribution < 1.29 is 4.92 Å². The van der Waals surface area contributed by atoms with Crippen molar-refractivity contribution >= 4 is 17.1 Å². The Hall–Kier alpha value is -2.80. The van der Waals surface area contributed by atoms with Crippen LogP contribution >= 0.6 is 0 Å². The molecular formula is C12H11N5O2. The van der Waals surface area contributed by atoms with Gasteiger partial charge in [0.1, 0.15) is 0 Å². The van der Waals surface area contributed by atoms with E-state index in [9.17, 15) is 10.1 Å². The number of hydrazine groups is 1. The number of nitrogen functional groups attached to an aromatic ring is 1. The zero-order valence-corrected chi connectivity index (χ0v) is 9.83. The molecule has 0 saturated carbocycles. The van der Waals surface area contributed by atoms with Gasteiger partial charge in [-0.25, -0.2) is 5.53 Å². The van der Waals surface area contributed by atoms with E-state index in [2.05, 4.69) is 10.5 Å². The van der Waals surface area contributed by atoms with E-state index in [1.807, 2.05) is 0 Å². The molecule has 0 aliphatic rings. The van der Waals surface area contributed by atoms with Crippen molar-refractivity contribution in [1.82, 2.24) is 0 Å². The molecule has 0 saturated heterocycles. The van der Waals surface area contributed by atoms with Crippen molar-refractivity contribution in [3.05, 3.63) is 52.6 Å². The number of hydrogen-bond donors (Lipinski definition) is 3. The summed E-state index contributed by atoms with van der Waals surface area (Å²) in [5, 5.41) is 14.0. The zero-order valence-electron chi connectivity index (χ0n) is 9.83. The summed E-state index contributed by atoms with van der Waals surface area (Å²) >= 11 is 0. The van der Waals surface area contributed by atoms with Gasteiger partial charge in [-0.3, -0.25) is 16.0 Å². The van der Waals surface area contributed by atoms with E-state index >= 15 is 0 Å². The molecule has 0 heterocycles. The zero-order chi connectivity index (χ0) is 13.8. The summed E-state index contributed by atoms with van der Waals surface area (Å²) in [6, 6.07) is 11.1. The third-order valence-electron chi connectivity index (χ3n) is 2.68. The average Bonchev–Trinajstić information content (AvgIpc) is 2.46. The Bertz CT molecular complexity index is 625. The molecule has 0 radical (unpaired) electrons. The third-order valence-corrected chi connectivity index (χ3v) is 2.68. The van der Waals surface area contributed by atoms with Gasteiger partial charge in [-0.1, -0.05) is 0 Å². The van der Waals surface area contributed by atoms with Gasteiger partial charge >= 0.3 is 0 Å². The molecule has 19 heavy (non-hydrogen) atoms. The maximum Gasteiger partial charge on any atom is 0.269 e. The highest BCUT2D eigenvalue weighted by atomic mass is 16.6. The fourth-order valence-corrected chi connectivity index (χ4v) is 1.73. The van der Waals surface area contributed by atoms with Crippen LogP contribution in [-0.4, -0.2) is 4.92 Å². The number of non-ortho nitro benzene ring substituents is 1. The van der Waals surface area contributed by atoms with Crippen LogP contribution in [0.4, 0.5) is 17.1 Å². The molecule has 7 heteroatoms. The fraction of sp³-hybridized carbons (Fsp3) is 0. The van der Waals surface area contributed by atoms with E-state index in [0.717, 1.165) is 11.1 Å². The van der Waals surface area contributed by atoms with Gasteiger partial charge in [0.2, 0.25) is 0 Å². The topological polar surface area (TPSA) is 117 Å². The molecule has 0 aliphatic carbocycles. The van der Waals surface area contributed by atoms with Crippen LogP contribution in [-0.2, 0) is 0 Å². The van der Waals surface area contributed by atoms with Gasteiger partial charge in [-0.05, 0) is 35.9 Å². The lowest BCUT2D eigenvalue weighted by molar-refractivity contribution is -0.384. The van der Waals surface area contributed by atoms with E-state index in [4.69, 9.17) is 11.4 Å². The van der Waals surface area contributed by atoms with Crippen molar-refractivity contribution in [3.63, 3.8) is 0 Å². The van der Waals surface area contributed by atoms with Crippen LogP contribution in [0.2, 0.25) is 0 Å². The van der Waals surface area contributed by atoms with Crippen molar-refractivity contribution in [2.45, 2.75) is 0 Å². The number of nitro benzene ring substituents is 1. The normalized spacial score (nSPS) is 9.95. The first-order valence-corrected chi connectivity index (χ1v) is 5.38. The number of nitrogens with one attached hydrogen (secondary N) is 2. The summed E-state index contributed by atoms with van der Waals surface area (Å²) in [5.74, 6) is 5.42. The molecule has 0 unspecified atom stereocenters. The van der Waals surface area contributed by atoms with Gasteiger partial charge < -0.3 is 5.43 Å². The summed E-state index contributed by atoms with van der Waals surface area (Å²) in [7, 11) is 0. The first-order valence-electron chi connectivity index (χ1n) is 5.38. The number of nitrogens with two attached hydrogens (primary N) is 1. The highest BCUT2D eigenvalue weighted by Crippen LogP contribution is 2.32. The molecule has 2 aromatic rings. The SMILES string of the molecule is N=Nc1ccc(NN)c(-c2ccc([N+](=O)[O-])cc2)c1. The van der Waals surface area contributed by atoms with Crippen molar-refractivity contribution in [2.75, 3.05) is 5.43 Å². The standard InChI is InChI=1S/C12H11N5O2/c13-15-9-3-6-12(16-14)11(7-9)8-1-4-10(5-2-8)17(18)19/h1-7,13,16H,14H2. The number of hydrogen-bond acceptors (Lipinski definition) is 6. The van der Waals surface area contributed by atoms with Gasteiger partial charge in [-0.15, -0.1) is 0 Å². The smallest absolute Gasteiger partial charge is 0.269 e. The largest absolute Gasteiger partial charge is 0.324 e. The maximum absolute atomic E-state index is 10.6. The minimum absolute atomic E-state index is 0.0207. The van der Waals surface area contributed by atoms with E-state index in [1.54, 1.807) is 30.3 Å². The lowest BCUT2D eigenvalue weighted by Gasteiger charge is -2.09. The second kappa shape index (κ2) is 5.23. The molecule has 0 amide bonds. The second-order valence-corrected chi connectivity index (χ2v) is 3.79. The molecule has 7 nitrogen and oxygen atoms in total. The van der Waals surface area contributed by atoms with Gasteiger partial charge in [0.25, 0.3) is 5.69 Å². The lowest BCUT2D eigenvalue weighted by atomic mass is 10.0. The van der Waals surface area contributed by atoms with Gasteiger partial charge in [0.15, 0.2) is 0 Å². The van der Waals surface area contributed by atoms with Crippen LogP contribution in [0.3, 0.4) is 0 Å². The third kappa shape index (κ3) is 2.55. The summed E-state index contributed by atoms with van der Waals surface area (Å²) < 4.78 is 0. The Kier molecular flexibility index (Phi) is 3.48. The Morgan fingerprint density at radius 1 is 1.21 bits per heavy atom. The molecule has 2 rings (SSSR count). The predicted octanol–water partition coefficient (Wildman–Crippen LogP) is 3.21. The molecule has 0 fully saturated rings. The van der Waals surface area contributed by atoms with Gasteiger partial charge in [-0.2, -0.15) is 5.11 Å². The van der Waals surface area contributed by atoms with Crippen molar-refractivity contribution in [1.29, 1.82) is 5.53 Å². The Morgan fingerprint density at radius 3 is 2.42 bits per heavy atom. The van der Waals surface area contributed by atoms with Crippen LogP contribution in [0.1, 0.15) is 0 Å². The monoisotopic (exact) mass is 257 g/mol. The molecule has 0 aromatic heterocycles. The second-order valence-electron chi connectivity index (χ2n) is 3.79. The molecule has 2 aromatic carbocycles. The van der Waals surface area contributed by atoms with Crippen LogP contribution in [0.15, 0.2) is 47.6 Å². The number of anilines is 1. The van der Waals surface area contributed by atoms with E-state index in [1.165, 1.54) is 12.1 Å². The number of rotatable bonds is 4. The molecule has 4 N–H and O–H groups in total. The molecular weight excluding hydrogens is 246 g/mol. The summed E-state index contributed by atoms with van der Waals surface area (Å²) in [6.07, 6.45) is 0. The Morgan fingerprint density at radius 2 is 1.89 bits per heavy atom. The predicted molar refractivity (Wildman–Crippen MR) is 71.2 cm³/mol. The van der Waals surface area contributed by atoms with E-state index < -0.39 is 4.92 Å². The molecule has 0 bridgehead atoms. The van der Waals surface area contributed by atoms with Crippen LogP contribution < -0.4 is 11.3 Å². The van der Waals surface area contributed by atoms with Crippen molar-refractivity contribution in [2.24, 2.45) is 11.0 Å². The van der Waals surface area contributed by atoms with E-state index in [0.29, 0.717) is 11.4 Å². The first-order chi connectivity index (χ1) is 9.15. The number of benzene rings is 2. The van der Waals surface area contributed by atoms with Crippen LogP contribution in [0.25, 0.3) is 11.1 Å². The van der Waals surface area contributed by atoms with E-state index in [-0.39, 0.29) is 5.69 Å². The first kappa shape index (κ1) is 12.7. The van der Waals surface area contributed by atoms with Crippen molar-refractivity contribution in [3.8, 4) is 11.1 Å². The minimum Gasteiger partial charge on any atom is -0.324 e. The minimum atomic E-state index is -0.457. The molecule has 0 spiro atoms. The average molecular weight is 257 g/mol. The molecule has 0 aliphatic heterocycles. The molecule has 96 valence electrons. The van der Waals surface area contributed by atoms with Crippen LogP contribution in [0.5, 0.6) is 0 Å². The lowest BCUT2D eigenvalue weighted by Crippen LogP contribution is -2.07. The highest BCUT2D eigenvalue weighted by Gasteiger charge is 2.09. The Balaban J connectivity index is 2.50. The van der Waals surface area contributed by atoms with Crippen LogP contribution in [0, 0.1) is 15.6 Å². The van der Waals surface area contributed by atoms with Gasteiger partial charge in [0.05, 0.1) is 16.3 Å². The number of nitrogens with zero attached hydrogens (tertiary/aromatic N) is 2. The quantitative estimate of drug-likeness (QED) is 0.337. The maximum atomic E-state index is 10.6. The highest BCUT2D eigenvalue weighted by molar-refractivity contribution is 5.80. The fourth-order valence-electron chi connectivity index (χ4n) is 1.73. The van der Waals surface area contributed by atoms with Gasteiger partial charge in [0, 0.05) is 17.7 Å². The summed E-state index contributed by atoms with van der Waals surface area (Å²) in [6.45, 7) is 0. The number of nitro groups is 1. The summed E-state index contributed by atoms with van der Waals surface area (Å²) in [5.41, 5.74) is 12.2. The molecule has 0 atom stereocenters.